The summed E-state index contributed by atoms with van der Waals surface area (Å²) in [6.45, 7) is 1.36. The van der Waals surface area contributed by atoms with E-state index in [1.165, 1.54) is 0 Å². The van der Waals surface area contributed by atoms with E-state index in [4.69, 9.17) is 15.2 Å². The minimum atomic E-state index is -0.211. The molecule has 1 aliphatic rings. The zero-order valence-corrected chi connectivity index (χ0v) is 12.1. The van der Waals surface area contributed by atoms with Crippen LogP contribution in [0, 0.1) is 0 Å². The number of carbonyl (C=O) groups excluding carboxylic acids is 1. The van der Waals surface area contributed by atoms with Crippen molar-refractivity contribution in [3.05, 3.63) is 23.8 Å². The second kappa shape index (κ2) is 6.61. The molecule has 2 N–H and O–H groups in total. The van der Waals surface area contributed by atoms with Crippen LogP contribution in [0.3, 0.4) is 0 Å². The molecule has 1 atom stereocenters. The molecule has 1 aliphatic heterocycles. The van der Waals surface area contributed by atoms with Crippen molar-refractivity contribution < 1.29 is 14.3 Å². The summed E-state index contributed by atoms with van der Waals surface area (Å²) >= 11 is 0. The first-order chi connectivity index (χ1) is 9.65. The Hall–Kier alpha value is -1.75. The number of carbonyl (C=O) groups is 1. The molecule has 5 nitrogen and oxygen atoms in total. The molecule has 0 aromatic heterocycles. The van der Waals surface area contributed by atoms with Crippen molar-refractivity contribution in [2.45, 2.75) is 25.3 Å². The van der Waals surface area contributed by atoms with Crippen molar-refractivity contribution >= 4 is 5.91 Å². The fourth-order valence-electron chi connectivity index (χ4n) is 2.48. The molecule has 1 unspecified atom stereocenters. The van der Waals surface area contributed by atoms with Gasteiger partial charge >= 0.3 is 0 Å². The predicted molar refractivity (Wildman–Crippen MR) is 76.9 cm³/mol. The van der Waals surface area contributed by atoms with Gasteiger partial charge in [0.2, 0.25) is 5.91 Å². The molecule has 20 heavy (non-hydrogen) atoms. The van der Waals surface area contributed by atoms with Gasteiger partial charge in [-0.15, -0.1) is 0 Å². The van der Waals surface area contributed by atoms with E-state index in [9.17, 15) is 4.79 Å². The van der Waals surface area contributed by atoms with E-state index in [1.807, 2.05) is 23.1 Å². The maximum absolute atomic E-state index is 11.8. The van der Waals surface area contributed by atoms with E-state index >= 15 is 0 Å². The molecule has 0 spiro atoms. The maximum atomic E-state index is 11.8. The van der Waals surface area contributed by atoms with Crippen LogP contribution in [0.5, 0.6) is 11.5 Å². The van der Waals surface area contributed by atoms with E-state index in [-0.39, 0.29) is 11.9 Å². The summed E-state index contributed by atoms with van der Waals surface area (Å²) in [6.07, 6.45) is 2.68. The van der Waals surface area contributed by atoms with Gasteiger partial charge in [-0.3, -0.25) is 4.79 Å². The molecule has 0 bridgehead atoms. The first kappa shape index (κ1) is 14.7. The Morgan fingerprint density at radius 2 is 2.00 bits per heavy atom. The smallest absolute Gasteiger partial charge is 0.222 e. The van der Waals surface area contributed by atoms with Crippen LogP contribution in [-0.4, -0.2) is 38.1 Å². The molecule has 5 heteroatoms. The number of methoxy groups -OCH3 is 2. The molecule has 0 saturated carbocycles. The normalized spacial score (nSPS) is 16.9. The summed E-state index contributed by atoms with van der Waals surface area (Å²) in [5, 5.41) is 0. The van der Waals surface area contributed by atoms with Gasteiger partial charge in [0, 0.05) is 25.6 Å². The highest BCUT2D eigenvalue weighted by atomic mass is 16.5. The highest BCUT2D eigenvalue weighted by Crippen LogP contribution is 2.29. The number of nitrogens with zero attached hydrogens (tertiary/aromatic N) is 1. The molecular weight excluding hydrogens is 256 g/mol. The lowest BCUT2D eigenvalue weighted by Gasteiger charge is -2.29. The number of benzene rings is 1. The lowest BCUT2D eigenvalue weighted by atomic mass is 10.0. The Kier molecular flexibility index (Phi) is 4.84. The molecule has 1 aromatic carbocycles. The molecule has 1 heterocycles. The Bertz CT molecular complexity index is 476. The Morgan fingerprint density at radius 1 is 1.25 bits per heavy atom. The summed E-state index contributed by atoms with van der Waals surface area (Å²) < 4.78 is 10.5. The first-order valence-corrected chi connectivity index (χ1v) is 6.91. The van der Waals surface area contributed by atoms with Crippen molar-refractivity contribution in [2.75, 3.05) is 27.3 Å². The monoisotopic (exact) mass is 278 g/mol. The summed E-state index contributed by atoms with van der Waals surface area (Å²) in [5.41, 5.74) is 7.16. The van der Waals surface area contributed by atoms with Gasteiger partial charge in [-0.2, -0.15) is 0 Å². The summed E-state index contributed by atoms with van der Waals surface area (Å²) in [5.74, 6) is 1.54. The van der Waals surface area contributed by atoms with Gasteiger partial charge in [0.1, 0.15) is 0 Å². The van der Waals surface area contributed by atoms with Crippen LogP contribution in [0.2, 0.25) is 0 Å². The van der Waals surface area contributed by atoms with Crippen molar-refractivity contribution in [2.24, 2.45) is 5.73 Å². The second-order valence-electron chi connectivity index (χ2n) is 5.02. The molecule has 1 fully saturated rings. The minimum Gasteiger partial charge on any atom is -0.493 e. The zero-order chi connectivity index (χ0) is 14.5. The summed E-state index contributed by atoms with van der Waals surface area (Å²) in [7, 11) is 3.20. The van der Waals surface area contributed by atoms with Crippen molar-refractivity contribution in [1.82, 2.24) is 4.90 Å². The van der Waals surface area contributed by atoms with E-state index in [1.54, 1.807) is 14.2 Å². The van der Waals surface area contributed by atoms with Crippen LogP contribution >= 0.6 is 0 Å². The standard InChI is InChI=1S/C15H22N2O3/c1-19-13-7-6-11(9-14(13)20-2)12(16)10-17-8-4-3-5-15(17)18/h6-7,9,12H,3-5,8,10,16H2,1-2H3. The quantitative estimate of drug-likeness (QED) is 0.890. The molecule has 1 amide bonds. The Morgan fingerprint density at radius 3 is 2.65 bits per heavy atom. The number of hydrogen-bond acceptors (Lipinski definition) is 4. The van der Waals surface area contributed by atoms with Gasteiger partial charge in [0.25, 0.3) is 0 Å². The average Bonchev–Trinajstić information content (AvgIpc) is 2.48. The minimum absolute atomic E-state index is 0.201. The molecule has 2 rings (SSSR count). The lowest BCUT2D eigenvalue weighted by molar-refractivity contribution is -0.133. The second-order valence-corrected chi connectivity index (χ2v) is 5.02. The van der Waals surface area contributed by atoms with E-state index < -0.39 is 0 Å². The highest BCUT2D eigenvalue weighted by Gasteiger charge is 2.21. The third-order valence-corrected chi connectivity index (χ3v) is 3.67. The van der Waals surface area contributed by atoms with Crippen LogP contribution in [0.1, 0.15) is 30.9 Å². The molecule has 1 saturated heterocycles. The number of ether oxygens (including phenoxy) is 2. The number of rotatable bonds is 5. The molecule has 0 radical (unpaired) electrons. The van der Waals surface area contributed by atoms with Crippen LogP contribution in [0.15, 0.2) is 18.2 Å². The molecule has 1 aromatic rings. The third-order valence-electron chi connectivity index (χ3n) is 3.67. The maximum Gasteiger partial charge on any atom is 0.222 e. The lowest BCUT2D eigenvalue weighted by Crippen LogP contribution is -2.40. The van der Waals surface area contributed by atoms with Gasteiger partial charge in [-0.1, -0.05) is 6.07 Å². The van der Waals surface area contributed by atoms with E-state index in [0.717, 1.165) is 24.9 Å². The SMILES string of the molecule is COc1ccc(C(N)CN2CCCCC2=O)cc1OC. The van der Waals surface area contributed by atoms with Crippen molar-refractivity contribution in [3.8, 4) is 11.5 Å². The van der Waals surface area contributed by atoms with Crippen LogP contribution < -0.4 is 15.2 Å². The van der Waals surface area contributed by atoms with Crippen LogP contribution in [0.4, 0.5) is 0 Å². The van der Waals surface area contributed by atoms with Gasteiger partial charge in [0.05, 0.1) is 14.2 Å². The van der Waals surface area contributed by atoms with Gasteiger partial charge in [-0.25, -0.2) is 0 Å². The Balaban J connectivity index is 2.08. The van der Waals surface area contributed by atoms with Crippen molar-refractivity contribution in [3.63, 3.8) is 0 Å². The number of hydrogen-bond donors (Lipinski definition) is 1. The van der Waals surface area contributed by atoms with Gasteiger partial charge in [0.15, 0.2) is 11.5 Å². The largest absolute Gasteiger partial charge is 0.493 e. The fraction of sp³-hybridized carbons (Fsp3) is 0.533. The zero-order valence-electron chi connectivity index (χ0n) is 12.1. The molecular formula is C15H22N2O3. The van der Waals surface area contributed by atoms with Gasteiger partial charge < -0.3 is 20.1 Å². The van der Waals surface area contributed by atoms with Crippen molar-refractivity contribution in [1.29, 1.82) is 0 Å². The molecule has 110 valence electrons. The summed E-state index contributed by atoms with van der Waals surface area (Å²) in [4.78, 5) is 13.7. The molecule has 0 aliphatic carbocycles. The first-order valence-electron chi connectivity index (χ1n) is 6.91. The average molecular weight is 278 g/mol. The predicted octanol–water partition coefficient (Wildman–Crippen LogP) is 1.72. The number of piperidine rings is 1. The fourth-order valence-corrected chi connectivity index (χ4v) is 2.48. The number of likely N-dealkylation sites (tertiary alicyclic amines) is 1. The highest BCUT2D eigenvalue weighted by molar-refractivity contribution is 5.76. The van der Waals surface area contributed by atoms with E-state index in [0.29, 0.717) is 24.5 Å². The van der Waals surface area contributed by atoms with Gasteiger partial charge in [-0.05, 0) is 30.5 Å². The summed E-state index contributed by atoms with van der Waals surface area (Å²) in [6, 6.07) is 5.42. The van der Waals surface area contributed by atoms with Crippen LogP contribution in [-0.2, 0) is 4.79 Å². The number of nitrogens with two attached hydrogens (primary N) is 1. The Labute approximate surface area is 119 Å². The van der Waals surface area contributed by atoms with E-state index in [2.05, 4.69) is 0 Å². The third kappa shape index (κ3) is 3.22. The topological polar surface area (TPSA) is 64.8 Å². The van der Waals surface area contributed by atoms with Crippen LogP contribution in [0.25, 0.3) is 0 Å². The number of amides is 1.